The van der Waals surface area contributed by atoms with Crippen molar-refractivity contribution in [2.45, 2.75) is 36.8 Å². The van der Waals surface area contributed by atoms with Crippen molar-refractivity contribution in [2.24, 2.45) is 11.7 Å². The molecule has 2 heterocycles. The lowest BCUT2D eigenvalue weighted by Crippen LogP contribution is -2.42. The molecule has 1 aromatic heterocycles. The lowest BCUT2D eigenvalue weighted by molar-refractivity contribution is -0.132. The van der Waals surface area contributed by atoms with Crippen molar-refractivity contribution in [1.82, 2.24) is 19.7 Å². The molecular formula is C19H23N5O2S. The van der Waals surface area contributed by atoms with Crippen molar-refractivity contribution in [3.63, 3.8) is 0 Å². The van der Waals surface area contributed by atoms with E-state index < -0.39 is 0 Å². The standard InChI is InChI=1S/C19H23N5O2S/c20-17(26)13-8-10-23(11-9-13)16(25)12-27-19-21-18(14-6-7-14)24(22-19)15-4-2-1-3-5-15/h1-5,13-14H,6-12H2,(H2,20,26). The van der Waals surface area contributed by atoms with Crippen LogP contribution in [0.3, 0.4) is 0 Å². The number of benzene rings is 1. The largest absolute Gasteiger partial charge is 0.369 e. The summed E-state index contributed by atoms with van der Waals surface area (Å²) < 4.78 is 1.91. The Labute approximate surface area is 162 Å². The van der Waals surface area contributed by atoms with Crippen LogP contribution in [0.15, 0.2) is 35.5 Å². The van der Waals surface area contributed by atoms with Gasteiger partial charge in [-0.3, -0.25) is 9.59 Å². The van der Waals surface area contributed by atoms with Crippen molar-refractivity contribution in [1.29, 1.82) is 0 Å². The van der Waals surface area contributed by atoms with E-state index in [9.17, 15) is 9.59 Å². The summed E-state index contributed by atoms with van der Waals surface area (Å²) in [4.78, 5) is 30.2. The minimum absolute atomic E-state index is 0.0620. The van der Waals surface area contributed by atoms with E-state index in [0.717, 1.165) is 24.4 Å². The van der Waals surface area contributed by atoms with Crippen LogP contribution in [0.4, 0.5) is 0 Å². The molecule has 1 saturated carbocycles. The van der Waals surface area contributed by atoms with Crippen LogP contribution >= 0.6 is 11.8 Å². The Morgan fingerprint density at radius 1 is 1.11 bits per heavy atom. The summed E-state index contributed by atoms with van der Waals surface area (Å²) in [5.41, 5.74) is 6.35. The quantitative estimate of drug-likeness (QED) is 0.767. The van der Waals surface area contributed by atoms with Gasteiger partial charge in [-0.2, -0.15) is 0 Å². The molecule has 1 saturated heterocycles. The summed E-state index contributed by atoms with van der Waals surface area (Å²) in [7, 11) is 0. The van der Waals surface area contributed by atoms with Crippen LogP contribution in [-0.2, 0) is 9.59 Å². The molecule has 0 unspecified atom stereocenters. The maximum absolute atomic E-state index is 12.5. The third-order valence-electron chi connectivity index (χ3n) is 5.13. The smallest absolute Gasteiger partial charge is 0.233 e. The number of thioether (sulfide) groups is 1. The number of hydrogen-bond donors (Lipinski definition) is 1. The van der Waals surface area contributed by atoms with E-state index in [1.165, 1.54) is 11.8 Å². The molecule has 1 aliphatic heterocycles. The molecule has 1 aliphatic carbocycles. The van der Waals surface area contributed by atoms with Crippen molar-refractivity contribution >= 4 is 23.6 Å². The average molecular weight is 385 g/mol. The maximum atomic E-state index is 12.5. The average Bonchev–Trinajstić information content (AvgIpc) is 3.46. The summed E-state index contributed by atoms with van der Waals surface area (Å²) in [6, 6.07) is 9.98. The van der Waals surface area contributed by atoms with E-state index in [4.69, 9.17) is 5.73 Å². The number of carbonyl (C=O) groups excluding carboxylic acids is 2. The first-order chi connectivity index (χ1) is 13.1. The number of nitrogens with zero attached hydrogens (tertiary/aromatic N) is 4. The van der Waals surface area contributed by atoms with Gasteiger partial charge in [-0.15, -0.1) is 5.10 Å². The lowest BCUT2D eigenvalue weighted by Gasteiger charge is -2.30. The van der Waals surface area contributed by atoms with Crippen molar-refractivity contribution in [3.8, 4) is 5.69 Å². The summed E-state index contributed by atoms with van der Waals surface area (Å²) in [5, 5.41) is 5.27. The van der Waals surface area contributed by atoms with Gasteiger partial charge in [-0.05, 0) is 37.8 Å². The van der Waals surface area contributed by atoms with Gasteiger partial charge in [0.15, 0.2) is 0 Å². The van der Waals surface area contributed by atoms with Crippen LogP contribution in [-0.4, -0.2) is 50.3 Å². The number of para-hydroxylation sites is 1. The summed E-state index contributed by atoms with van der Waals surface area (Å²) in [5.74, 6) is 1.45. The highest BCUT2D eigenvalue weighted by Crippen LogP contribution is 2.40. The normalized spacial score (nSPS) is 17.9. The maximum Gasteiger partial charge on any atom is 0.233 e. The lowest BCUT2D eigenvalue weighted by atomic mass is 9.96. The number of likely N-dealkylation sites (tertiary alicyclic amines) is 1. The van der Waals surface area contributed by atoms with E-state index in [-0.39, 0.29) is 17.7 Å². The van der Waals surface area contributed by atoms with E-state index in [1.54, 1.807) is 0 Å². The summed E-state index contributed by atoms with van der Waals surface area (Å²) in [6.45, 7) is 1.18. The molecule has 27 heavy (non-hydrogen) atoms. The van der Waals surface area contributed by atoms with Crippen LogP contribution in [0.5, 0.6) is 0 Å². The Bertz CT molecular complexity index is 826. The highest BCUT2D eigenvalue weighted by atomic mass is 32.2. The van der Waals surface area contributed by atoms with E-state index >= 15 is 0 Å². The molecule has 2 amide bonds. The molecule has 2 fully saturated rings. The minimum atomic E-state index is -0.264. The van der Waals surface area contributed by atoms with Gasteiger partial charge in [-0.25, -0.2) is 9.67 Å². The molecule has 1 aromatic carbocycles. The van der Waals surface area contributed by atoms with Gasteiger partial charge < -0.3 is 10.6 Å². The van der Waals surface area contributed by atoms with Gasteiger partial charge in [-0.1, -0.05) is 30.0 Å². The van der Waals surface area contributed by atoms with E-state index in [0.29, 0.717) is 42.8 Å². The number of primary amides is 1. The predicted octanol–water partition coefficient (Wildman–Crippen LogP) is 1.96. The Morgan fingerprint density at radius 2 is 1.81 bits per heavy atom. The van der Waals surface area contributed by atoms with Crippen molar-refractivity contribution in [3.05, 3.63) is 36.2 Å². The molecule has 2 aliphatic rings. The predicted molar refractivity (Wildman–Crippen MR) is 103 cm³/mol. The fourth-order valence-electron chi connectivity index (χ4n) is 3.36. The Balaban J connectivity index is 1.39. The summed E-state index contributed by atoms with van der Waals surface area (Å²) in [6.07, 6.45) is 3.59. The highest BCUT2D eigenvalue weighted by Gasteiger charge is 2.31. The van der Waals surface area contributed by atoms with Crippen LogP contribution < -0.4 is 5.73 Å². The van der Waals surface area contributed by atoms with Gasteiger partial charge in [0.25, 0.3) is 0 Å². The second-order valence-electron chi connectivity index (χ2n) is 7.12. The fourth-order valence-corrected chi connectivity index (χ4v) is 4.09. The Morgan fingerprint density at radius 3 is 2.44 bits per heavy atom. The Hall–Kier alpha value is -2.35. The number of nitrogens with two attached hydrogens (primary N) is 1. The molecule has 4 rings (SSSR count). The number of piperidine rings is 1. The number of hydrogen-bond acceptors (Lipinski definition) is 5. The molecule has 8 heteroatoms. The molecular weight excluding hydrogens is 362 g/mol. The third-order valence-corrected chi connectivity index (χ3v) is 5.95. The molecule has 0 spiro atoms. The molecule has 0 bridgehead atoms. The Kier molecular flexibility index (Phi) is 5.15. The first kappa shape index (κ1) is 18.0. The zero-order valence-corrected chi connectivity index (χ0v) is 15.9. The van der Waals surface area contributed by atoms with Gasteiger partial charge >= 0.3 is 0 Å². The van der Waals surface area contributed by atoms with Crippen LogP contribution in [0.1, 0.15) is 37.4 Å². The van der Waals surface area contributed by atoms with Crippen molar-refractivity contribution < 1.29 is 9.59 Å². The number of amides is 2. The molecule has 7 nitrogen and oxygen atoms in total. The monoisotopic (exact) mass is 385 g/mol. The first-order valence-corrected chi connectivity index (χ1v) is 10.3. The van der Waals surface area contributed by atoms with Gasteiger partial charge in [0.1, 0.15) is 5.82 Å². The zero-order chi connectivity index (χ0) is 18.8. The molecule has 2 aromatic rings. The second kappa shape index (κ2) is 7.72. The summed E-state index contributed by atoms with van der Waals surface area (Å²) >= 11 is 1.38. The minimum Gasteiger partial charge on any atom is -0.369 e. The van der Waals surface area contributed by atoms with Crippen LogP contribution in [0, 0.1) is 5.92 Å². The highest BCUT2D eigenvalue weighted by molar-refractivity contribution is 7.99. The van der Waals surface area contributed by atoms with Gasteiger partial charge in [0.05, 0.1) is 11.4 Å². The number of carbonyl (C=O) groups is 2. The van der Waals surface area contributed by atoms with Crippen LogP contribution in [0.2, 0.25) is 0 Å². The molecule has 0 atom stereocenters. The molecule has 2 N–H and O–H groups in total. The number of rotatable bonds is 6. The zero-order valence-electron chi connectivity index (χ0n) is 15.1. The third kappa shape index (κ3) is 4.16. The number of aromatic nitrogens is 3. The van der Waals surface area contributed by atoms with E-state index in [2.05, 4.69) is 10.1 Å². The van der Waals surface area contributed by atoms with Crippen LogP contribution in [0.25, 0.3) is 5.69 Å². The fraction of sp³-hybridized carbons (Fsp3) is 0.474. The van der Waals surface area contributed by atoms with E-state index in [1.807, 2.05) is 39.9 Å². The topological polar surface area (TPSA) is 94.1 Å². The van der Waals surface area contributed by atoms with Gasteiger partial charge in [0.2, 0.25) is 17.0 Å². The molecule has 142 valence electrons. The SMILES string of the molecule is NC(=O)C1CCN(C(=O)CSc2nc(C3CC3)n(-c3ccccc3)n2)CC1. The first-order valence-electron chi connectivity index (χ1n) is 9.34. The van der Waals surface area contributed by atoms with Crippen molar-refractivity contribution in [2.75, 3.05) is 18.8 Å². The molecule has 0 radical (unpaired) electrons. The van der Waals surface area contributed by atoms with Gasteiger partial charge in [0, 0.05) is 24.9 Å². The second-order valence-corrected chi connectivity index (χ2v) is 8.06.